The van der Waals surface area contributed by atoms with Gasteiger partial charge in [0.05, 0.1) is 6.57 Å². The molecular formula is C37H21NOS. The highest BCUT2D eigenvalue weighted by atomic mass is 32.1. The molecule has 40 heavy (non-hydrogen) atoms. The monoisotopic (exact) mass is 527 g/mol. The van der Waals surface area contributed by atoms with Gasteiger partial charge in [-0.25, -0.2) is 4.85 Å². The first-order valence-corrected chi connectivity index (χ1v) is 14.0. The highest BCUT2D eigenvalue weighted by molar-refractivity contribution is 7.25. The first-order valence-electron chi connectivity index (χ1n) is 13.2. The second kappa shape index (κ2) is 8.95. The second-order valence-electron chi connectivity index (χ2n) is 10.1. The van der Waals surface area contributed by atoms with E-state index in [4.69, 9.17) is 11.0 Å². The van der Waals surface area contributed by atoms with Crippen molar-refractivity contribution in [3.8, 4) is 33.4 Å². The lowest BCUT2D eigenvalue weighted by Gasteiger charge is -2.07. The third-order valence-corrected chi connectivity index (χ3v) is 8.84. The molecule has 0 bridgehead atoms. The summed E-state index contributed by atoms with van der Waals surface area (Å²) in [5.74, 6) is 0. The average Bonchev–Trinajstić information content (AvgIpc) is 3.58. The van der Waals surface area contributed by atoms with E-state index in [1.54, 1.807) is 11.3 Å². The maximum Gasteiger partial charge on any atom is 0.187 e. The Labute approximate surface area is 235 Å². The van der Waals surface area contributed by atoms with Crippen molar-refractivity contribution in [1.82, 2.24) is 0 Å². The van der Waals surface area contributed by atoms with E-state index in [-0.39, 0.29) is 0 Å². The molecule has 0 aliphatic carbocycles. The van der Waals surface area contributed by atoms with Gasteiger partial charge < -0.3 is 4.42 Å². The molecule has 8 rings (SSSR count). The molecule has 8 aromatic rings. The smallest absolute Gasteiger partial charge is 0.187 e. The van der Waals surface area contributed by atoms with Crippen LogP contribution in [0.1, 0.15) is 0 Å². The lowest BCUT2D eigenvalue weighted by molar-refractivity contribution is 0.669. The number of benzene rings is 6. The Balaban J connectivity index is 1.23. The zero-order valence-corrected chi connectivity index (χ0v) is 22.2. The van der Waals surface area contributed by atoms with Crippen molar-refractivity contribution in [1.29, 1.82) is 0 Å². The fourth-order valence-electron chi connectivity index (χ4n) is 5.66. The molecule has 2 aromatic heterocycles. The minimum Gasteiger partial charge on any atom is -0.456 e. The molecule has 6 aromatic carbocycles. The van der Waals surface area contributed by atoms with Gasteiger partial charge in [-0.3, -0.25) is 0 Å². The number of furan rings is 1. The zero-order valence-electron chi connectivity index (χ0n) is 21.4. The number of hydrogen-bond acceptors (Lipinski definition) is 2. The second-order valence-corrected chi connectivity index (χ2v) is 11.2. The third kappa shape index (κ3) is 3.70. The van der Waals surface area contributed by atoms with Crippen LogP contribution >= 0.6 is 11.3 Å². The van der Waals surface area contributed by atoms with Crippen molar-refractivity contribution in [2.75, 3.05) is 0 Å². The van der Waals surface area contributed by atoms with E-state index in [0.29, 0.717) is 5.69 Å². The van der Waals surface area contributed by atoms with E-state index in [2.05, 4.69) is 114 Å². The van der Waals surface area contributed by atoms with Gasteiger partial charge in [-0.15, -0.1) is 11.3 Å². The highest BCUT2D eigenvalue weighted by Crippen LogP contribution is 2.39. The Morgan fingerprint density at radius 3 is 1.65 bits per heavy atom. The van der Waals surface area contributed by atoms with Gasteiger partial charge in [-0.2, -0.15) is 0 Å². The van der Waals surface area contributed by atoms with Crippen LogP contribution in [-0.4, -0.2) is 0 Å². The van der Waals surface area contributed by atoms with Crippen LogP contribution in [0.4, 0.5) is 5.69 Å². The fourth-order valence-corrected chi connectivity index (χ4v) is 6.73. The number of rotatable bonds is 3. The van der Waals surface area contributed by atoms with Gasteiger partial charge in [0.15, 0.2) is 5.69 Å². The van der Waals surface area contributed by atoms with Crippen LogP contribution in [0, 0.1) is 6.57 Å². The molecule has 0 aliphatic rings. The maximum atomic E-state index is 7.42. The Bertz CT molecular complexity index is 2280. The van der Waals surface area contributed by atoms with E-state index < -0.39 is 0 Å². The number of thiophene rings is 1. The number of fused-ring (bicyclic) bond motifs is 6. The largest absolute Gasteiger partial charge is 0.456 e. The van der Waals surface area contributed by atoms with Crippen LogP contribution in [0.3, 0.4) is 0 Å². The van der Waals surface area contributed by atoms with Gasteiger partial charge >= 0.3 is 0 Å². The predicted molar refractivity (Wildman–Crippen MR) is 169 cm³/mol. The van der Waals surface area contributed by atoms with Crippen molar-refractivity contribution < 1.29 is 4.42 Å². The van der Waals surface area contributed by atoms with E-state index in [1.165, 1.54) is 42.6 Å². The van der Waals surface area contributed by atoms with Crippen LogP contribution in [0.25, 0.3) is 80.3 Å². The Morgan fingerprint density at radius 1 is 0.450 bits per heavy atom. The lowest BCUT2D eigenvalue weighted by atomic mass is 9.96. The van der Waals surface area contributed by atoms with Gasteiger partial charge in [0.1, 0.15) is 11.2 Å². The van der Waals surface area contributed by atoms with Crippen molar-refractivity contribution in [2.45, 2.75) is 0 Å². The summed E-state index contributed by atoms with van der Waals surface area (Å²) in [4.78, 5) is 3.64. The molecule has 0 N–H and O–H groups in total. The number of hydrogen-bond donors (Lipinski definition) is 0. The summed E-state index contributed by atoms with van der Waals surface area (Å²) >= 11 is 1.78. The Morgan fingerprint density at radius 2 is 0.975 bits per heavy atom. The van der Waals surface area contributed by atoms with E-state index in [0.717, 1.165) is 32.9 Å². The Kier molecular flexibility index (Phi) is 5.10. The maximum absolute atomic E-state index is 7.42. The molecule has 0 fully saturated rings. The fraction of sp³-hybridized carbons (Fsp3) is 0. The summed E-state index contributed by atoms with van der Waals surface area (Å²) in [5, 5.41) is 4.60. The molecule has 0 saturated heterocycles. The summed E-state index contributed by atoms with van der Waals surface area (Å²) in [6, 6.07) is 44.7. The van der Waals surface area contributed by atoms with Gasteiger partial charge in [-0.05, 0) is 92.7 Å². The van der Waals surface area contributed by atoms with Gasteiger partial charge in [0.2, 0.25) is 0 Å². The molecule has 186 valence electrons. The predicted octanol–water partition coefficient (Wildman–Crippen LogP) is 11.5. The van der Waals surface area contributed by atoms with Crippen LogP contribution < -0.4 is 0 Å². The van der Waals surface area contributed by atoms with Crippen LogP contribution in [-0.2, 0) is 0 Å². The molecule has 0 aliphatic heterocycles. The summed E-state index contributed by atoms with van der Waals surface area (Å²) in [6.07, 6.45) is 0. The molecule has 0 amide bonds. The standard InChI is InChI=1S/C37H21NOS/c1-38-29-13-17-37-33(22-29)32-21-28(12-16-36(32)40-37)25-9-5-8-24(18-25)27-11-15-35-31(20-27)30-19-26(10-14-34(30)39-35)23-6-3-2-4-7-23/h2-22H. The normalized spacial score (nSPS) is 11.5. The minimum absolute atomic E-state index is 0.678. The van der Waals surface area contributed by atoms with Crippen molar-refractivity contribution in [3.63, 3.8) is 0 Å². The molecule has 0 unspecified atom stereocenters. The lowest BCUT2D eigenvalue weighted by Crippen LogP contribution is -1.82. The minimum atomic E-state index is 0.678. The van der Waals surface area contributed by atoms with Crippen molar-refractivity contribution in [2.24, 2.45) is 0 Å². The number of nitrogens with zero attached hydrogens (tertiary/aromatic N) is 1. The van der Waals surface area contributed by atoms with Crippen molar-refractivity contribution >= 4 is 59.1 Å². The van der Waals surface area contributed by atoms with E-state index in [9.17, 15) is 0 Å². The summed E-state index contributed by atoms with van der Waals surface area (Å²) < 4.78 is 8.65. The first-order chi connectivity index (χ1) is 19.7. The van der Waals surface area contributed by atoms with E-state index >= 15 is 0 Å². The molecule has 0 radical (unpaired) electrons. The molecule has 2 heterocycles. The van der Waals surface area contributed by atoms with Gasteiger partial charge in [0.25, 0.3) is 0 Å². The molecule has 0 saturated carbocycles. The molecule has 0 spiro atoms. The molecule has 0 atom stereocenters. The highest BCUT2D eigenvalue weighted by Gasteiger charge is 2.12. The molecule has 2 nitrogen and oxygen atoms in total. The quantitative estimate of drug-likeness (QED) is 0.209. The van der Waals surface area contributed by atoms with Gasteiger partial charge in [-0.1, -0.05) is 78.9 Å². The topological polar surface area (TPSA) is 17.5 Å². The Hall–Kier alpha value is -5.17. The molecular weight excluding hydrogens is 506 g/mol. The zero-order chi connectivity index (χ0) is 26.6. The van der Waals surface area contributed by atoms with Crippen LogP contribution in [0.15, 0.2) is 132 Å². The average molecular weight is 528 g/mol. The first kappa shape index (κ1) is 22.8. The van der Waals surface area contributed by atoms with E-state index in [1.807, 2.05) is 18.2 Å². The van der Waals surface area contributed by atoms with Crippen LogP contribution in [0.5, 0.6) is 0 Å². The summed E-state index contributed by atoms with van der Waals surface area (Å²) in [5.41, 5.74) is 9.52. The summed E-state index contributed by atoms with van der Waals surface area (Å²) in [6.45, 7) is 7.42. The van der Waals surface area contributed by atoms with Gasteiger partial charge in [0, 0.05) is 20.2 Å². The molecule has 3 heteroatoms. The summed E-state index contributed by atoms with van der Waals surface area (Å²) in [7, 11) is 0. The van der Waals surface area contributed by atoms with Crippen LogP contribution in [0.2, 0.25) is 0 Å². The van der Waals surface area contributed by atoms with Crippen molar-refractivity contribution in [3.05, 3.63) is 139 Å². The third-order valence-electron chi connectivity index (χ3n) is 7.69. The SMILES string of the molecule is [C-]#[N+]c1ccc2sc3ccc(-c4cccc(-c5ccc6oc7ccc(-c8ccccc8)cc7c6c5)c4)cc3c2c1.